The molecule has 4 aromatic rings. The van der Waals surface area contributed by atoms with Crippen molar-refractivity contribution in [3.05, 3.63) is 78.2 Å². The molecule has 1 fully saturated rings. The highest BCUT2D eigenvalue weighted by molar-refractivity contribution is 6.16. The molecule has 236 valence electrons. The fraction of sp³-hybridized carbons (Fsp3) is 0.343. The molecule has 0 bridgehead atoms. The third-order valence-electron chi connectivity index (χ3n) is 8.10. The van der Waals surface area contributed by atoms with Crippen LogP contribution < -0.4 is 24.8 Å². The van der Waals surface area contributed by atoms with E-state index < -0.39 is 17.1 Å². The summed E-state index contributed by atoms with van der Waals surface area (Å²) in [5, 5.41) is 6.14. The molecule has 1 aliphatic rings. The number of hydrogen-bond donors (Lipinski definition) is 2. The highest BCUT2D eigenvalue weighted by atomic mass is 19.1. The summed E-state index contributed by atoms with van der Waals surface area (Å²) in [6.07, 6.45) is 3.29. The maximum Gasteiger partial charge on any atom is 0.240 e. The molecule has 0 saturated heterocycles. The van der Waals surface area contributed by atoms with E-state index in [1.165, 1.54) is 12.1 Å². The van der Waals surface area contributed by atoms with Crippen molar-refractivity contribution in [2.75, 3.05) is 44.0 Å². The number of aromatic nitrogens is 1. The molecule has 0 unspecified atom stereocenters. The molecule has 2 N–H and O–H groups in total. The van der Waals surface area contributed by atoms with E-state index in [4.69, 9.17) is 14.2 Å². The van der Waals surface area contributed by atoms with E-state index in [9.17, 15) is 9.59 Å². The maximum absolute atomic E-state index is 15.2. The number of methoxy groups -OCH3 is 1. The second-order valence-electron chi connectivity index (χ2n) is 11.2. The number of rotatable bonds is 14. The zero-order chi connectivity index (χ0) is 32.0. The van der Waals surface area contributed by atoms with Crippen LogP contribution in [0.15, 0.2) is 66.9 Å². The molecule has 10 heteroatoms. The van der Waals surface area contributed by atoms with Gasteiger partial charge in [0.25, 0.3) is 0 Å². The zero-order valence-corrected chi connectivity index (χ0v) is 26.1. The molecule has 1 aromatic heterocycles. The lowest BCUT2D eigenvalue weighted by Crippen LogP contribution is -2.35. The Morgan fingerprint density at radius 1 is 0.889 bits per heavy atom. The molecule has 9 nitrogen and oxygen atoms in total. The number of aryl methyl sites for hydroxylation is 1. The summed E-state index contributed by atoms with van der Waals surface area (Å²) in [6.45, 7) is 9.69. The second kappa shape index (κ2) is 13.9. The molecule has 0 atom stereocenters. The van der Waals surface area contributed by atoms with Gasteiger partial charge in [0.1, 0.15) is 11.2 Å². The van der Waals surface area contributed by atoms with E-state index in [-0.39, 0.29) is 17.3 Å². The van der Waals surface area contributed by atoms with Gasteiger partial charge in [-0.3, -0.25) is 14.6 Å². The minimum Gasteiger partial charge on any atom is -0.493 e. The Labute approximate surface area is 262 Å². The molecule has 2 amide bonds. The van der Waals surface area contributed by atoms with Crippen molar-refractivity contribution < 1.29 is 28.2 Å². The van der Waals surface area contributed by atoms with Gasteiger partial charge in [-0.05, 0) is 75.7 Å². The van der Waals surface area contributed by atoms with Crippen molar-refractivity contribution in [2.24, 2.45) is 5.41 Å². The lowest BCUT2D eigenvalue weighted by atomic mass is 10.0. The summed E-state index contributed by atoms with van der Waals surface area (Å²) >= 11 is 0. The van der Waals surface area contributed by atoms with Crippen molar-refractivity contribution in [2.45, 2.75) is 40.0 Å². The highest BCUT2D eigenvalue weighted by Crippen LogP contribution is 2.47. The van der Waals surface area contributed by atoms with Crippen LogP contribution in [0.4, 0.5) is 15.8 Å². The van der Waals surface area contributed by atoms with Crippen LogP contribution in [0.2, 0.25) is 0 Å². The van der Waals surface area contributed by atoms with Crippen molar-refractivity contribution in [3.8, 4) is 23.0 Å². The van der Waals surface area contributed by atoms with E-state index in [1.807, 2.05) is 19.1 Å². The van der Waals surface area contributed by atoms with Gasteiger partial charge in [-0.1, -0.05) is 31.5 Å². The number of hydrogen-bond acceptors (Lipinski definition) is 7. The van der Waals surface area contributed by atoms with Crippen molar-refractivity contribution >= 4 is 34.1 Å². The van der Waals surface area contributed by atoms with Gasteiger partial charge >= 0.3 is 0 Å². The monoisotopic (exact) mass is 614 g/mol. The van der Waals surface area contributed by atoms with Gasteiger partial charge in [-0.15, -0.1) is 0 Å². The number of fused-ring (bicyclic) bond motifs is 1. The first kappa shape index (κ1) is 31.7. The topological polar surface area (TPSA) is 102 Å². The van der Waals surface area contributed by atoms with Crippen molar-refractivity contribution in [3.63, 3.8) is 0 Å². The minimum atomic E-state index is -1.18. The Morgan fingerprint density at radius 3 is 2.22 bits per heavy atom. The molecule has 0 radical (unpaired) electrons. The number of carbonyl (C=O) groups is 2. The van der Waals surface area contributed by atoms with Gasteiger partial charge in [0.05, 0.1) is 19.2 Å². The maximum atomic E-state index is 15.2. The number of nitrogens with one attached hydrogen (secondary N) is 2. The molecule has 1 aliphatic carbocycles. The Morgan fingerprint density at radius 2 is 1.58 bits per heavy atom. The fourth-order valence-corrected chi connectivity index (χ4v) is 5.10. The molecule has 1 heterocycles. The number of pyridine rings is 1. The number of anilines is 2. The zero-order valence-electron chi connectivity index (χ0n) is 26.1. The van der Waals surface area contributed by atoms with Crippen LogP contribution in [0.25, 0.3) is 10.9 Å². The fourth-order valence-electron chi connectivity index (χ4n) is 5.10. The third kappa shape index (κ3) is 7.34. The molecule has 1 saturated carbocycles. The van der Waals surface area contributed by atoms with Gasteiger partial charge in [0.15, 0.2) is 23.1 Å². The quantitative estimate of drug-likeness (QED) is 0.117. The standard InChI is InChI=1S/C35H39FN4O5/c1-5-40(6-2)18-7-19-44-32-22-28-26(21-31(32)43-4)29(14-17-37-28)45-30-13-12-25(20-27(30)36)39-34(42)35(15-16-35)33(41)38-24-10-8-23(3)9-11-24/h8-14,17,20-22H,5-7,15-16,18-19H2,1-4H3,(H,38,41)(H,39,42). The Bertz CT molecular complexity index is 1670. The summed E-state index contributed by atoms with van der Waals surface area (Å²) < 4.78 is 32.8. The van der Waals surface area contributed by atoms with Gasteiger partial charge < -0.3 is 29.7 Å². The van der Waals surface area contributed by atoms with E-state index >= 15 is 4.39 Å². The Kier molecular flexibility index (Phi) is 9.83. The predicted molar refractivity (Wildman–Crippen MR) is 173 cm³/mol. The first-order valence-corrected chi connectivity index (χ1v) is 15.2. The van der Waals surface area contributed by atoms with Gasteiger partial charge in [-0.2, -0.15) is 0 Å². The smallest absolute Gasteiger partial charge is 0.240 e. The largest absolute Gasteiger partial charge is 0.493 e. The Balaban J connectivity index is 1.25. The number of amides is 2. The van der Waals surface area contributed by atoms with E-state index in [0.29, 0.717) is 53.3 Å². The molecule has 5 rings (SSSR count). The van der Waals surface area contributed by atoms with Crippen LogP contribution in [0.1, 0.15) is 38.7 Å². The number of benzene rings is 3. The third-order valence-corrected chi connectivity index (χ3v) is 8.10. The Hall–Kier alpha value is -4.70. The lowest BCUT2D eigenvalue weighted by Gasteiger charge is -2.18. The van der Waals surface area contributed by atoms with Crippen molar-refractivity contribution in [1.82, 2.24) is 9.88 Å². The van der Waals surface area contributed by atoms with E-state index in [0.717, 1.165) is 31.6 Å². The average molecular weight is 615 g/mol. The van der Waals surface area contributed by atoms with Crippen LogP contribution in [-0.2, 0) is 9.59 Å². The first-order chi connectivity index (χ1) is 21.8. The van der Waals surface area contributed by atoms with Crippen LogP contribution in [-0.4, -0.2) is 55.0 Å². The minimum absolute atomic E-state index is 0.0329. The van der Waals surface area contributed by atoms with Crippen LogP contribution in [0.3, 0.4) is 0 Å². The molecule has 0 spiro atoms. The molecular formula is C35H39FN4O5. The molecule has 0 aliphatic heterocycles. The van der Waals surface area contributed by atoms with Gasteiger partial charge in [0.2, 0.25) is 11.8 Å². The first-order valence-electron chi connectivity index (χ1n) is 15.2. The van der Waals surface area contributed by atoms with Crippen LogP contribution >= 0.6 is 0 Å². The average Bonchev–Trinajstić information content (AvgIpc) is 3.86. The molecule has 45 heavy (non-hydrogen) atoms. The summed E-state index contributed by atoms with van der Waals surface area (Å²) in [7, 11) is 1.56. The van der Waals surface area contributed by atoms with Gasteiger partial charge in [-0.25, -0.2) is 4.39 Å². The number of ether oxygens (including phenoxy) is 3. The van der Waals surface area contributed by atoms with Gasteiger partial charge in [0, 0.05) is 41.6 Å². The summed E-state index contributed by atoms with van der Waals surface area (Å²) in [5.74, 6) is -0.0902. The predicted octanol–water partition coefficient (Wildman–Crippen LogP) is 6.95. The highest BCUT2D eigenvalue weighted by Gasteiger charge is 2.56. The molecule has 3 aromatic carbocycles. The number of carbonyl (C=O) groups excluding carboxylic acids is 2. The summed E-state index contributed by atoms with van der Waals surface area (Å²) in [5.41, 5.74) is 1.33. The summed E-state index contributed by atoms with van der Waals surface area (Å²) in [6, 6.07) is 16.7. The number of nitrogens with zero attached hydrogens (tertiary/aromatic N) is 2. The normalized spacial score (nSPS) is 13.4. The summed E-state index contributed by atoms with van der Waals surface area (Å²) in [4.78, 5) is 32.8. The van der Waals surface area contributed by atoms with E-state index in [2.05, 4.69) is 34.4 Å². The van der Waals surface area contributed by atoms with E-state index in [1.54, 1.807) is 49.7 Å². The van der Waals surface area contributed by atoms with Crippen LogP contribution in [0.5, 0.6) is 23.0 Å². The lowest BCUT2D eigenvalue weighted by molar-refractivity contribution is -0.131. The van der Waals surface area contributed by atoms with Crippen LogP contribution in [0, 0.1) is 18.2 Å². The number of halogens is 1. The van der Waals surface area contributed by atoms with Crippen molar-refractivity contribution in [1.29, 1.82) is 0 Å². The SMILES string of the molecule is CCN(CC)CCCOc1cc2nccc(Oc3ccc(NC(=O)C4(C(=O)Nc5ccc(C)cc5)CC4)cc3F)c2cc1OC. The second-order valence-corrected chi connectivity index (χ2v) is 11.2. The molecular weight excluding hydrogens is 575 g/mol.